The number of rotatable bonds is 3. The summed E-state index contributed by atoms with van der Waals surface area (Å²) < 4.78 is 0. The summed E-state index contributed by atoms with van der Waals surface area (Å²) in [5.41, 5.74) is 5.46. The van der Waals surface area contributed by atoms with E-state index in [1.165, 1.54) is 6.92 Å². The Bertz CT molecular complexity index is 213. The average molecular weight is 166 g/mol. The van der Waals surface area contributed by atoms with E-state index in [1.54, 1.807) is 12.2 Å². The summed E-state index contributed by atoms with van der Waals surface area (Å²) in [6, 6.07) is -0.400. The quantitative estimate of drug-likeness (QED) is 0.459. The van der Waals surface area contributed by atoms with Gasteiger partial charge in [-0.1, -0.05) is 18.1 Å². The summed E-state index contributed by atoms with van der Waals surface area (Å²) in [6.07, 6.45) is 8.60. The Balaban J connectivity index is 4.02. The second-order valence-electron chi connectivity index (χ2n) is 2.59. The molecule has 3 N–H and O–H groups in total. The summed E-state index contributed by atoms with van der Waals surface area (Å²) in [7, 11) is 0. The van der Waals surface area contributed by atoms with Gasteiger partial charge in [0, 0.05) is 13.0 Å². The number of nitrogens with two attached hydrogens (primary N) is 1. The van der Waals surface area contributed by atoms with E-state index in [9.17, 15) is 4.79 Å². The van der Waals surface area contributed by atoms with Gasteiger partial charge in [-0.05, 0) is 6.92 Å². The molecule has 2 unspecified atom stereocenters. The van der Waals surface area contributed by atoms with Crippen molar-refractivity contribution in [2.45, 2.75) is 25.9 Å². The van der Waals surface area contributed by atoms with E-state index in [4.69, 9.17) is 12.2 Å². The summed E-state index contributed by atoms with van der Waals surface area (Å²) in [5, 5.41) is 2.57. The second-order valence-corrected chi connectivity index (χ2v) is 2.59. The van der Waals surface area contributed by atoms with Crippen molar-refractivity contribution in [2.75, 3.05) is 0 Å². The molecule has 0 radical (unpaired) electrons. The first-order valence-electron chi connectivity index (χ1n) is 3.73. The molecule has 0 aliphatic heterocycles. The normalized spacial score (nSPS) is 15.2. The number of hydrogen-bond donors (Lipinski definition) is 2. The third-order valence-electron chi connectivity index (χ3n) is 1.15. The van der Waals surface area contributed by atoms with E-state index in [0.717, 1.165) is 0 Å². The number of hydrogen-bond acceptors (Lipinski definition) is 2. The zero-order chi connectivity index (χ0) is 9.56. The van der Waals surface area contributed by atoms with E-state index in [2.05, 4.69) is 11.2 Å². The Hall–Kier alpha value is -1.27. The first-order valence-corrected chi connectivity index (χ1v) is 3.73. The molecule has 66 valence electrons. The van der Waals surface area contributed by atoms with Crippen molar-refractivity contribution in [1.82, 2.24) is 5.32 Å². The molecule has 2 atom stereocenters. The first kappa shape index (κ1) is 10.7. The minimum atomic E-state index is -0.353. The minimum absolute atomic E-state index is 0.0467. The van der Waals surface area contributed by atoms with Crippen molar-refractivity contribution < 1.29 is 4.79 Å². The fourth-order valence-corrected chi connectivity index (χ4v) is 0.651. The van der Waals surface area contributed by atoms with Gasteiger partial charge < -0.3 is 11.1 Å². The van der Waals surface area contributed by atoms with Crippen LogP contribution < -0.4 is 11.1 Å². The predicted molar refractivity (Wildman–Crippen MR) is 49.2 cm³/mol. The zero-order valence-corrected chi connectivity index (χ0v) is 7.37. The molecular formula is C9H14N2O. The summed E-state index contributed by atoms with van der Waals surface area (Å²) in [6.45, 7) is 3.25. The lowest BCUT2D eigenvalue weighted by atomic mass is 10.2. The van der Waals surface area contributed by atoms with Crippen LogP contribution in [0.15, 0.2) is 12.2 Å². The lowest BCUT2D eigenvalue weighted by molar-refractivity contribution is -0.119. The Morgan fingerprint density at radius 3 is 2.58 bits per heavy atom. The number of carbonyl (C=O) groups is 1. The Labute approximate surface area is 73.0 Å². The maximum Gasteiger partial charge on any atom is 0.218 e. The van der Waals surface area contributed by atoms with Crippen molar-refractivity contribution >= 4 is 5.91 Å². The Kier molecular flexibility index (Phi) is 4.82. The zero-order valence-electron chi connectivity index (χ0n) is 7.37. The Morgan fingerprint density at radius 2 is 2.25 bits per heavy atom. The standard InChI is InChI=1S/C9H14N2O/c1-4-9(11-8(3)12)6-5-7(2)10/h1,5-7,9H,10H2,2-3H3,(H,11,12). The minimum Gasteiger partial charge on any atom is -0.339 e. The maximum absolute atomic E-state index is 10.6. The molecule has 1 amide bonds. The van der Waals surface area contributed by atoms with Gasteiger partial charge in [-0.2, -0.15) is 0 Å². The van der Waals surface area contributed by atoms with Crippen LogP contribution in [0, 0.1) is 12.3 Å². The molecule has 0 bridgehead atoms. The van der Waals surface area contributed by atoms with Gasteiger partial charge >= 0.3 is 0 Å². The van der Waals surface area contributed by atoms with Crippen LogP contribution in [0.4, 0.5) is 0 Å². The molecule has 0 aromatic rings. The summed E-state index contributed by atoms with van der Waals surface area (Å²) in [4.78, 5) is 10.6. The maximum atomic E-state index is 10.6. The number of amides is 1. The topological polar surface area (TPSA) is 55.1 Å². The van der Waals surface area contributed by atoms with Crippen LogP contribution >= 0.6 is 0 Å². The Morgan fingerprint density at radius 1 is 1.67 bits per heavy atom. The average Bonchev–Trinajstić information content (AvgIpc) is 1.97. The highest BCUT2D eigenvalue weighted by atomic mass is 16.1. The molecule has 3 heteroatoms. The molecule has 0 fully saturated rings. The largest absolute Gasteiger partial charge is 0.339 e. The van der Waals surface area contributed by atoms with Crippen molar-refractivity contribution in [1.29, 1.82) is 0 Å². The van der Waals surface area contributed by atoms with Crippen LogP contribution in [0.25, 0.3) is 0 Å². The van der Waals surface area contributed by atoms with E-state index >= 15 is 0 Å². The first-order chi connectivity index (χ1) is 5.56. The van der Waals surface area contributed by atoms with Crippen molar-refractivity contribution in [2.24, 2.45) is 5.73 Å². The highest BCUT2D eigenvalue weighted by Crippen LogP contribution is 1.87. The lowest BCUT2D eigenvalue weighted by Gasteiger charge is -2.06. The van der Waals surface area contributed by atoms with Crippen molar-refractivity contribution in [3.05, 3.63) is 12.2 Å². The fourth-order valence-electron chi connectivity index (χ4n) is 0.651. The van der Waals surface area contributed by atoms with Crippen LogP contribution in [0.2, 0.25) is 0 Å². The number of nitrogens with one attached hydrogen (secondary N) is 1. The molecule has 0 aliphatic rings. The molecule has 3 nitrogen and oxygen atoms in total. The van der Waals surface area contributed by atoms with Crippen LogP contribution in [0.3, 0.4) is 0 Å². The predicted octanol–water partition coefficient (Wildman–Crippen LogP) is 0.0277. The number of carbonyl (C=O) groups excluding carboxylic acids is 1. The van der Waals surface area contributed by atoms with Crippen LogP contribution in [0.1, 0.15) is 13.8 Å². The van der Waals surface area contributed by atoms with Crippen molar-refractivity contribution in [3.8, 4) is 12.3 Å². The van der Waals surface area contributed by atoms with E-state index in [-0.39, 0.29) is 18.0 Å². The van der Waals surface area contributed by atoms with E-state index < -0.39 is 0 Å². The van der Waals surface area contributed by atoms with Crippen LogP contribution in [0.5, 0.6) is 0 Å². The van der Waals surface area contributed by atoms with Gasteiger partial charge in [0.2, 0.25) is 5.91 Å². The molecule has 0 aliphatic carbocycles. The number of terminal acetylenes is 1. The molecule has 0 aromatic carbocycles. The lowest BCUT2D eigenvalue weighted by Crippen LogP contribution is -2.30. The molecule has 0 spiro atoms. The third-order valence-corrected chi connectivity index (χ3v) is 1.15. The molecule has 0 rings (SSSR count). The van der Waals surface area contributed by atoms with Gasteiger partial charge in [0.15, 0.2) is 0 Å². The van der Waals surface area contributed by atoms with Gasteiger partial charge in [-0.15, -0.1) is 6.42 Å². The smallest absolute Gasteiger partial charge is 0.218 e. The highest BCUT2D eigenvalue weighted by molar-refractivity contribution is 5.74. The molecule has 0 saturated carbocycles. The third kappa shape index (κ3) is 5.51. The molecule has 0 heterocycles. The molecular weight excluding hydrogens is 152 g/mol. The van der Waals surface area contributed by atoms with Gasteiger partial charge in [-0.25, -0.2) is 0 Å². The monoisotopic (exact) mass is 166 g/mol. The SMILES string of the molecule is C#CC(C=CC(C)N)NC(C)=O. The molecule has 0 saturated heterocycles. The van der Waals surface area contributed by atoms with E-state index in [1.807, 2.05) is 6.92 Å². The molecule has 0 aromatic heterocycles. The van der Waals surface area contributed by atoms with Gasteiger partial charge in [0.05, 0.1) is 0 Å². The van der Waals surface area contributed by atoms with Gasteiger partial charge in [0.1, 0.15) is 6.04 Å². The van der Waals surface area contributed by atoms with Gasteiger partial charge in [-0.3, -0.25) is 4.79 Å². The highest BCUT2D eigenvalue weighted by Gasteiger charge is 2.00. The van der Waals surface area contributed by atoms with E-state index in [0.29, 0.717) is 0 Å². The van der Waals surface area contributed by atoms with Gasteiger partial charge in [0.25, 0.3) is 0 Å². The van der Waals surface area contributed by atoms with Crippen LogP contribution in [-0.2, 0) is 4.79 Å². The molecule has 12 heavy (non-hydrogen) atoms. The summed E-state index contributed by atoms with van der Waals surface area (Å²) in [5.74, 6) is 2.27. The fraction of sp³-hybridized carbons (Fsp3) is 0.444. The van der Waals surface area contributed by atoms with Crippen molar-refractivity contribution in [3.63, 3.8) is 0 Å². The van der Waals surface area contributed by atoms with Crippen LogP contribution in [-0.4, -0.2) is 18.0 Å². The summed E-state index contributed by atoms with van der Waals surface area (Å²) >= 11 is 0. The second kappa shape index (κ2) is 5.39.